The van der Waals surface area contributed by atoms with Crippen molar-refractivity contribution in [3.8, 4) is 11.8 Å². The molecular weight excluding hydrogens is 234 g/mol. The second-order valence-corrected chi connectivity index (χ2v) is 3.27. The van der Waals surface area contributed by atoms with Crippen molar-refractivity contribution in [3.05, 3.63) is 35.1 Å². The Hall–Kier alpha value is -1.54. The first-order valence-corrected chi connectivity index (χ1v) is 5.01. The van der Waals surface area contributed by atoms with Crippen molar-refractivity contribution in [3.63, 3.8) is 0 Å². The van der Waals surface area contributed by atoms with E-state index in [1.165, 1.54) is 0 Å². The van der Waals surface area contributed by atoms with Gasteiger partial charge in [-0.05, 0) is 24.7 Å². The van der Waals surface area contributed by atoms with Gasteiger partial charge in [0.2, 0.25) is 0 Å². The van der Waals surface area contributed by atoms with Crippen LogP contribution in [0.25, 0.3) is 0 Å². The highest BCUT2D eigenvalue weighted by molar-refractivity contribution is 5.38. The van der Waals surface area contributed by atoms with Crippen LogP contribution in [0.15, 0.2) is 18.2 Å². The molecule has 0 aromatic heterocycles. The van der Waals surface area contributed by atoms with Crippen LogP contribution in [-0.4, -0.2) is 13.1 Å². The van der Waals surface area contributed by atoms with Crippen molar-refractivity contribution in [2.45, 2.75) is 13.1 Å². The summed E-state index contributed by atoms with van der Waals surface area (Å²) < 4.78 is 49.9. The van der Waals surface area contributed by atoms with Gasteiger partial charge in [-0.1, -0.05) is 18.8 Å². The number of rotatable bonds is 2. The Morgan fingerprint density at radius 3 is 2.53 bits per heavy atom. The van der Waals surface area contributed by atoms with Gasteiger partial charge < -0.3 is 5.32 Å². The van der Waals surface area contributed by atoms with E-state index in [-0.39, 0.29) is 5.56 Å². The van der Waals surface area contributed by atoms with Crippen molar-refractivity contribution < 1.29 is 17.6 Å². The van der Waals surface area contributed by atoms with Gasteiger partial charge in [0.05, 0.1) is 12.1 Å². The van der Waals surface area contributed by atoms with E-state index in [4.69, 9.17) is 0 Å². The number of benzene rings is 1. The van der Waals surface area contributed by atoms with Gasteiger partial charge in [-0.15, -0.1) is 0 Å². The van der Waals surface area contributed by atoms with Crippen molar-refractivity contribution >= 4 is 0 Å². The minimum Gasteiger partial charge on any atom is -0.306 e. The second kappa shape index (κ2) is 5.69. The molecule has 1 aromatic rings. The molecule has 0 saturated heterocycles. The lowest BCUT2D eigenvalue weighted by atomic mass is 10.1. The summed E-state index contributed by atoms with van der Waals surface area (Å²) in [6.45, 7) is 3.06. The zero-order valence-corrected chi connectivity index (χ0v) is 9.16. The summed E-state index contributed by atoms with van der Waals surface area (Å²) in [7, 11) is 0. The fourth-order valence-corrected chi connectivity index (χ4v) is 1.16. The van der Waals surface area contributed by atoms with E-state index in [0.29, 0.717) is 12.6 Å². The van der Waals surface area contributed by atoms with Crippen LogP contribution in [0.1, 0.15) is 18.1 Å². The predicted molar refractivity (Wildman–Crippen MR) is 56.8 cm³/mol. The smallest absolute Gasteiger partial charge is 0.306 e. The van der Waals surface area contributed by atoms with Gasteiger partial charge in [-0.3, -0.25) is 0 Å². The fraction of sp³-hybridized carbons (Fsp3) is 0.333. The van der Waals surface area contributed by atoms with Gasteiger partial charge >= 0.3 is 6.18 Å². The molecule has 17 heavy (non-hydrogen) atoms. The molecule has 0 atom stereocenters. The van der Waals surface area contributed by atoms with Crippen LogP contribution >= 0.6 is 0 Å². The number of alkyl halides is 3. The Bertz CT molecular complexity index is 440. The first kappa shape index (κ1) is 13.5. The first-order chi connectivity index (χ1) is 7.95. The molecule has 1 rings (SSSR count). The van der Waals surface area contributed by atoms with Gasteiger partial charge in [-0.2, -0.15) is 13.2 Å². The molecule has 0 fully saturated rings. The third-order valence-corrected chi connectivity index (χ3v) is 1.97. The lowest BCUT2D eigenvalue weighted by Gasteiger charge is -2.07. The Balaban J connectivity index is 2.85. The minimum absolute atomic E-state index is 0.230. The molecule has 1 aromatic carbocycles. The maximum atomic E-state index is 13.1. The minimum atomic E-state index is -4.67. The number of halogens is 4. The van der Waals surface area contributed by atoms with E-state index in [0.717, 1.165) is 18.7 Å². The first-order valence-electron chi connectivity index (χ1n) is 5.01. The molecule has 5 heteroatoms. The number of hydrogen-bond acceptors (Lipinski definition) is 1. The third-order valence-electron chi connectivity index (χ3n) is 1.97. The SMILES string of the molecule is CCNCC#Cc1ccc(C(F)(F)F)c(F)c1. The second-order valence-electron chi connectivity index (χ2n) is 3.27. The maximum absolute atomic E-state index is 13.1. The summed E-state index contributed by atoms with van der Waals surface area (Å²) in [6, 6.07) is 2.65. The van der Waals surface area contributed by atoms with Crippen LogP contribution in [0, 0.1) is 17.7 Å². The monoisotopic (exact) mass is 245 g/mol. The lowest BCUT2D eigenvalue weighted by molar-refractivity contribution is -0.140. The average molecular weight is 245 g/mol. The summed E-state index contributed by atoms with van der Waals surface area (Å²) in [5.74, 6) is 3.96. The lowest BCUT2D eigenvalue weighted by Crippen LogP contribution is -2.12. The molecule has 0 bridgehead atoms. The van der Waals surface area contributed by atoms with Crippen LogP contribution in [0.3, 0.4) is 0 Å². The Kier molecular flexibility index (Phi) is 4.53. The van der Waals surface area contributed by atoms with Crippen LogP contribution in [0.5, 0.6) is 0 Å². The molecule has 1 nitrogen and oxygen atoms in total. The Morgan fingerprint density at radius 2 is 2.00 bits per heavy atom. The molecule has 0 aliphatic carbocycles. The topological polar surface area (TPSA) is 12.0 Å². The molecule has 0 heterocycles. The van der Waals surface area contributed by atoms with E-state index in [2.05, 4.69) is 17.2 Å². The Morgan fingerprint density at radius 1 is 1.29 bits per heavy atom. The molecule has 0 spiro atoms. The standard InChI is InChI=1S/C12H11F4N/c1-2-17-7-3-4-9-5-6-10(11(13)8-9)12(14,15)16/h5-6,8,17H,2,7H2,1H3. The zero-order valence-electron chi connectivity index (χ0n) is 9.16. The van der Waals surface area contributed by atoms with Gasteiger partial charge in [0.1, 0.15) is 5.82 Å². The largest absolute Gasteiger partial charge is 0.419 e. The van der Waals surface area contributed by atoms with E-state index in [1.807, 2.05) is 6.92 Å². The highest BCUT2D eigenvalue weighted by atomic mass is 19.4. The summed E-state index contributed by atoms with van der Waals surface area (Å²) in [5.41, 5.74) is -1.04. The highest BCUT2D eigenvalue weighted by Crippen LogP contribution is 2.31. The normalized spacial score (nSPS) is 10.9. The van der Waals surface area contributed by atoms with Crippen LogP contribution in [0.2, 0.25) is 0 Å². The number of hydrogen-bond donors (Lipinski definition) is 1. The van der Waals surface area contributed by atoms with E-state index >= 15 is 0 Å². The highest BCUT2D eigenvalue weighted by Gasteiger charge is 2.33. The molecule has 1 N–H and O–H groups in total. The molecule has 0 amide bonds. The van der Waals surface area contributed by atoms with Crippen molar-refractivity contribution in [1.82, 2.24) is 5.32 Å². The van der Waals surface area contributed by atoms with Crippen molar-refractivity contribution in [1.29, 1.82) is 0 Å². The molecule has 0 unspecified atom stereocenters. The van der Waals surface area contributed by atoms with E-state index < -0.39 is 17.6 Å². The summed E-state index contributed by atoms with van der Waals surface area (Å²) in [5, 5.41) is 2.92. The molecule has 0 radical (unpaired) electrons. The molecule has 0 aliphatic rings. The Labute approximate surface area is 96.8 Å². The van der Waals surface area contributed by atoms with Gasteiger partial charge in [0, 0.05) is 5.56 Å². The summed E-state index contributed by atoms with van der Waals surface area (Å²) in [6.07, 6.45) is -4.67. The van der Waals surface area contributed by atoms with Gasteiger partial charge in [-0.25, -0.2) is 4.39 Å². The molecule has 92 valence electrons. The molecule has 0 saturated carbocycles. The maximum Gasteiger partial charge on any atom is 0.419 e. The van der Waals surface area contributed by atoms with Crippen molar-refractivity contribution in [2.75, 3.05) is 13.1 Å². The zero-order chi connectivity index (χ0) is 12.9. The van der Waals surface area contributed by atoms with E-state index in [9.17, 15) is 17.6 Å². The van der Waals surface area contributed by atoms with Crippen LogP contribution in [0.4, 0.5) is 17.6 Å². The van der Waals surface area contributed by atoms with Crippen LogP contribution in [-0.2, 0) is 6.18 Å². The summed E-state index contributed by atoms with van der Waals surface area (Å²) >= 11 is 0. The predicted octanol–water partition coefficient (Wildman–Crippen LogP) is 2.81. The van der Waals surface area contributed by atoms with E-state index in [1.54, 1.807) is 0 Å². The quantitative estimate of drug-likeness (QED) is 0.480. The molecular formula is C12H11F4N. The van der Waals surface area contributed by atoms with Crippen molar-refractivity contribution in [2.24, 2.45) is 0 Å². The number of nitrogens with one attached hydrogen (secondary N) is 1. The van der Waals surface area contributed by atoms with Crippen LogP contribution < -0.4 is 5.32 Å². The average Bonchev–Trinajstić information content (AvgIpc) is 2.23. The summed E-state index contributed by atoms with van der Waals surface area (Å²) in [4.78, 5) is 0. The fourth-order valence-electron chi connectivity index (χ4n) is 1.16. The molecule has 0 aliphatic heterocycles. The third kappa shape index (κ3) is 4.08. The van der Waals surface area contributed by atoms with Gasteiger partial charge in [0.15, 0.2) is 0 Å². The van der Waals surface area contributed by atoms with Gasteiger partial charge in [0.25, 0.3) is 0 Å².